The topological polar surface area (TPSA) is 60.4 Å². The predicted octanol–water partition coefficient (Wildman–Crippen LogP) is 1.78. The van der Waals surface area contributed by atoms with E-state index in [1.165, 1.54) is 0 Å². The van der Waals surface area contributed by atoms with Crippen LogP contribution >= 0.6 is 15.9 Å². The summed E-state index contributed by atoms with van der Waals surface area (Å²) in [4.78, 5) is 33.9. The molecule has 17 heavy (non-hydrogen) atoms. The first-order valence-corrected chi connectivity index (χ1v) is 6.84. The van der Waals surface area contributed by atoms with Gasteiger partial charge in [-0.15, -0.1) is 0 Å². The van der Waals surface area contributed by atoms with Crippen molar-refractivity contribution in [2.45, 2.75) is 49.5 Å². The van der Waals surface area contributed by atoms with E-state index in [0.29, 0.717) is 0 Å². The Labute approximate surface area is 108 Å². The van der Waals surface area contributed by atoms with E-state index < -0.39 is 22.2 Å². The molecule has 94 valence electrons. The van der Waals surface area contributed by atoms with Gasteiger partial charge < -0.3 is 4.74 Å². The fraction of sp³-hybridized carbons (Fsp3) is 0.750. The third kappa shape index (κ3) is 2.05. The fourth-order valence-corrected chi connectivity index (χ4v) is 3.35. The Kier molecular flexibility index (Phi) is 3.39. The number of carbonyl (C=O) groups excluding carboxylic acids is 3. The Morgan fingerprint density at radius 3 is 2.35 bits per heavy atom. The van der Waals surface area contributed by atoms with Crippen molar-refractivity contribution in [2.75, 3.05) is 0 Å². The molecule has 1 aliphatic carbocycles. The van der Waals surface area contributed by atoms with Gasteiger partial charge in [-0.05, 0) is 19.8 Å². The third-order valence-electron chi connectivity index (χ3n) is 3.84. The summed E-state index contributed by atoms with van der Waals surface area (Å²) in [6, 6.07) is 0. The first-order chi connectivity index (χ1) is 7.97. The molecule has 0 aromatic heterocycles. The van der Waals surface area contributed by atoms with Gasteiger partial charge >= 0.3 is 5.97 Å². The van der Waals surface area contributed by atoms with Crippen LogP contribution in [0.25, 0.3) is 0 Å². The Morgan fingerprint density at radius 1 is 1.18 bits per heavy atom. The molecule has 0 bridgehead atoms. The van der Waals surface area contributed by atoms with Gasteiger partial charge in [0.2, 0.25) is 0 Å². The lowest BCUT2D eigenvalue weighted by Gasteiger charge is -2.40. The van der Waals surface area contributed by atoms with E-state index in [1.54, 1.807) is 6.92 Å². The molecule has 1 aliphatic heterocycles. The van der Waals surface area contributed by atoms with Gasteiger partial charge in [-0.3, -0.25) is 9.59 Å². The predicted molar refractivity (Wildman–Crippen MR) is 63.8 cm³/mol. The van der Waals surface area contributed by atoms with E-state index in [2.05, 4.69) is 15.9 Å². The van der Waals surface area contributed by atoms with Crippen LogP contribution in [-0.4, -0.2) is 28.0 Å². The second kappa shape index (κ2) is 4.52. The lowest BCUT2D eigenvalue weighted by atomic mass is 9.73. The molecule has 2 unspecified atom stereocenters. The van der Waals surface area contributed by atoms with Gasteiger partial charge in [-0.25, -0.2) is 4.79 Å². The second-order valence-corrected chi connectivity index (χ2v) is 5.84. The van der Waals surface area contributed by atoms with Gasteiger partial charge in [-0.2, -0.15) is 0 Å². The molecule has 2 fully saturated rings. The van der Waals surface area contributed by atoms with Crippen LogP contribution in [0.1, 0.15) is 39.0 Å². The average Bonchev–Trinajstić information content (AvgIpc) is 2.35. The molecular weight excluding hydrogens is 288 g/mol. The molecule has 4 nitrogen and oxygen atoms in total. The molecule has 1 heterocycles. The lowest BCUT2D eigenvalue weighted by molar-refractivity contribution is -0.182. The minimum absolute atomic E-state index is 0.0425. The zero-order valence-corrected chi connectivity index (χ0v) is 11.3. The summed E-state index contributed by atoms with van der Waals surface area (Å²) >= 11 is 3.00. The van der Waals surface area contributed by atoms with E-state index in [-0.39, 0.29) is 11.7 Å². The first-order valence-electron chi connectivity index (χ1n) is 5.92. The summed E-state index contributed by atoms with van der Waals surface area (Å²) in [5, 5.41) is 0. The van der Waals surface area contributed by atoms with Crippen LogP contribution in [0.4, 0.5) is 0 Å². The molecule has 0 aromatic rings. The monoisotopic (exact) mass is 302 g/mol. The Hall–Kier alpha value is -0.710. The molecule has 5 heteroatoms. The lowest BCUT2D eigenvalue weighted by Crippen LogP contribution is -2.58. The molecule has 1 saturated heterocycles. The second-order valence-electron chi connectivity index (χ2n) is 4.92. The third-order valence-corrected chi connectivity index (χ3v) is 4.67. The molecule has 0 N–H and O–H groups in total. The maximum atomic E-state index is 12.2. The van der Waals surface area contributed by atoms with Gasteiger partial charge in [0.15, 0.2) is 11.4 Å². The number of hydrogen-bond donors (Lipinski definition) is 0. The Bertz CT molecular complexity index is 373. The zero-order chi connectivity index (χ0) is 12.6. The standard InChI is InChI=1S/C12H15BrO4/c1-12(7-5-3-2-4-6-7)10(15)8(13)9(14)11(16)17-12/h7-8H,2-6H2,1H3. The first kappa shape index (κ1) is 12.7. The highest BCUT2D eigenvalue weighted by Crippen LogP contribution is 2.39. The molecule has 1 saturated carbocycles. The highest BCUT2D eigenvalue weighted by molar-refractivity contribution is 9.10. The van der Waals surface area contributed by atoms with Gasteiger partial charge in [0.05, 0.1) is 0 Å². The molecule has 0 spiro atoms. The SMILES string of the molecule is CC1(C2CCCCC2)OC(=O)C(=O)C(Br)C1=O. The van der Waals surface area contributed by atoms with E-state index in [9.17, 15) is 14.4 Å². The Balaban J connectivity index is 2.25. The van der Waals surface area contributed by atoms with Crippen molar-refractivity contribution in [1.82, 2.24) is 0 Å². The fourth-order valence-electron chi connectivity index (χ4n) is 2.71. The number of halogens is 1. The van der Waals surface area contributed by atoms with Crippen LogP contribution in [0.2, 0.25) is 0 Å². The van der Waals surface area contributed by atoms with Crippen molar-refractivity contribution in [3.8, 4) is 0 Å². The van der Waals surface area contributed by atoms with Gasteiger partial charge in [0, 0.05) is 5.92 Å². The van der Waals surface area contributed by atoms with E-state index >= 15 is 0 Å². The van der Waals surface area contributed by atoms with Crippen LogP contribution in [0.15, 0.2) is 0 Å². The van der Waals surface area contributed by atoms with Crippen LogP contribution < -0.4 is 0 Å². The molecule has 2 rings (SSSR count). The number of esters is 1. The largest absolute Gasteiger partial charge is 0.445 e. The number of alkyl halides is 1. The van der Waals surface area contributed by atoms with E-state index in [0.717, 1.165) is 32.1 Å². The summed E-state index contributed by atoms with van der Waals surface area (Å²) in [6.07, 6.45) is 5.01. The zero-order valence-electron chi connectivity index (χ0n) is 9.70. The number of carbonyl (C=O) groups is 3. The van der Waals surface area contributed by atoms with Gasteiger partial charge in [-0.1, -0.05) is 35.2 Å². The molecule has 0 aromatic carbocycles. The molecule has 0 amide bonds. The Morgan fingerprint density at radius 2 is 1.76 bits per heavy atom. The van der Waals surface area contributed by atoms with Crippen molar-refractivity contribution in [3.63, 3.8) is 0 Å². The van der Waals surface area contributed by atoms with E-state index in [4.69, 9.17) is 4.74 Å². The van der Waals surface area contributed by atoms with Crippen molar-refractivity contribution < 1.29 is 19.1 Å². The average molecular weight is 303 g/mol. The molecular formula is C12H15BrO4. The summed E-state index contributed by atoms with van der Waals surface area (Å²) in [5.74, 6) is -1.95. The normalized spacial score (nSPS) is 35.9. The summed E-state index contributed by atoms with van der Waals surface area (Å²) in [6.45, 7) is 1.64. The van der Waals surface area contributed by atoms with Crippen LogP contribution in [0, 0.1) is 5.92 Å². The molecule has 0 radical (unpaired) electrons. The number of ketones is 2. The van der Waals surface area contributed by atoms with Crippen LogP contribution in [0.5, 0.6) is 0 Å². The minimum atomic E-state index is -1.13. The number of hydrogen-bond acceptors (Lipinski definition) is 4. The van der Waals surface area contributed by atoms with Crippen LogP contribution in [-0.2, 0) is 19.1 Å². The minimum Gasteiger partial charge on any atom is -0.445 e. The van der Waals surface area contributed by atoms with Crippen molar-refractivity contribution in [1.29, 1.82) is 0 Å². The van der Waals surface area contributed by atoms with Crippen LogP contribution in [0.3, 0.4) is 0 Å². The van der Waals surface area contributed by atoms with Crippen molar-refractivity contribution in [2.24, 2.45) is 5.92 Å². The van der Waals surface area contributed by atoms with Crippen molar-refractivity contribution in [3.05, 3.63) is 0 Å². The number of rotatable bonds is 1. The number of ether oxygens (including phenoxy) is 1. The highest BCUT2D eigenvalue weighted by Gasteiger charge is 2.54. The van der Waals surface area contributed by atoms with Gasteiger partial charge in [0.1, 0.15) is 4.83 Å². The quantitative estimate of drug-likeness (QED) is 0.321. The van der Waals surface area contributed by atoms with E-state index in [1.807, 2.05) is 0 Å². The number of cyclic esters (lactones) is 1. The van der Waals surface area contributed by atoms with Gasteiger partial charge in [0.25, 0.3) is 5.78 Å². The summed E-state index contributed by atoms with van der Waals surface area (Å²) in [5.41, 5.74) is -1.13. The maximum absolute atomic E-state index is 12.2. The summed E-state index contributed by atoms with van der Waals surface area (Å²) < 4.78 is 5.14. The molecule has 2 atom stereocenters. The number of Topliss-reactive ketones (excluding diaryl/α,β-unsaturated/α-hetero) is 2. The smallest absolute Gasteiger partial charge is 0.377 e. The van der Waals surface area contributed by atoms with Crippen molar-refractivity contribution >= 4 is 33.5 Å². The summed E-state index contributed by atoms with van der Waals surface area (Å²) in [7, 11) is 0. The maximum Gasteiger partial charge on any atom is 0.377 e. The molecule has 2 aliphatic rings. The highest BCUT2D eigenvalue weighted by atomic mass is 79.9.